The van der Waals surface area contributed by atoms with Crippen LogP contribution in [0.3, 0.4) is 0 Å². The SMILES string of the molecule is CC1CC(CO)(Nc2ccc(Cl)cc2)CCN1C. The van der Waals surface area contributed by atoms with Crippen molar-refractivity contribution in [2.45, 2.75) is 31.3 Å². The Morgan fingerprint density at radius 3 is 2.67 bits per heavy atom. The van der Waals surface area contributed by atoms with Gasteiger partial charge in [0.25, 0.3) is 0 Å². The second-order valence-corrected chi connectivity index (χ2v) is 5.79. The molecule has 2 rings (SSSR count). The molecule has 0 aromatic heterocycles. The number of anilines is 1. The van der Waals surface area contributed by atoms with Crippen LogP contribution in [0.2, 0.25) is 5.02 Å². The molecule has 1 aromatic carbocycles. The average molecular weight is 269 g/mol. The van der Waals surface area contributed by atoms with Gasteiger partial charge in [-0.15, -0.1) is 0 Å². The fraction of sp³-hybridized carbons (Fsp3) is 0.571. The molecule has 1 aliphatic rings. The molecule has 100 valence electrons. The summed E-state index contributed by atoms with van der Waals surface area (Å²) < 4.78 is 0. The van der Waals surface area contributed by atoms with Gasteiger partial charge in [0, 0.05) is 23.3 Å². The summed E-state index contributed by atoms with van der Waals surface area (Å²) in [7, 11) is 2.13. The van der Waals surface area contributed by atoms with E-state index in [-0.39, 0.29) is 12.1 Å². The number of rotatable bonds is 3. The van der Waals surface area contributed by atoms with E-state index in [9.17, 15) is 5.11 Å². The molecular weight excluding hydrogens is 248 g/mol. The Balaban J connectivity index is 2.11. The van der Waals surface area contributed by atoms with Crippen LogP contribution in [0.4, 0.5) is 5.69 Å². The van der Waals surface area contributed by atoms with Crippen molar-refractivity contribution >= 4 is 17.3 Å². The Labute approximate surface area is 114 Å². The molecule has 1 aromatic rings. The van der Waals surface area contributed by atoms with E-state index in [2.05, 4.69) is 24.2 Å². The van der Waals surface area contributed by atoms with Crippen LogP contribution in [0, 0.1) is 0 Å². The van der Waals surface area contributed by atoms with E-state index >= 15 is 0 Å². The number of halogens is 1. The Hall–Kier alpha value is -0.770. The van der Waals surface area contributed by atoms with Gasteiger partial charge in [-0.3, -0.25) is 0 Å². The normalized spacial score (nSPS) is 29.2. The monoisotopic (exact) mass is 268 g/mol. The number of hydrogen-bond acceptors (Lipinski definition) is 3. The molecule has 1 saturated heterocycles. The van der Waals surface area contributed by atoms with Crippen LogP contribution in [-0.4, -0.2) is 41.8 Å². The number of hydrogen-bond donors (Lipinski definition) is 2. The van der Waals surface area contributed by atoms with Gasteiger partial charge in [0.15, 0.2) is 0 Å². The third kappa shape index (κ3) is 2.97. The predicted molar refractivity (Wildman–Crippen MR) is 76.2 cm³/mol. The number of nitrogens with zero attached hydrogens (tertiary/aromatic N) is 1. The first kappa shape index (κ1) is 13.7. The van der Waals surface area contributed by atoms with Crippen molar-refractivity contribution in [3.8, 4) is 0 Å². The molecule has 0 amide bonds. The van der Waals surface area contributed by atoms with E-state index in [4.69, 9.17) is 11.6 Å². The lowest BCUT2D eigenvalue weighted by atomic mass is 9.84. The summed E-state index contributed by atoms with van der Waals surface area (Å²) in [5.74, 6) is 0. The summed E-state index contributed by atoms with van der Waals surface area (Å²) in [5, 5.41) is 14.0. The lowest BCUT2D eigenvalue weighted by Crippen LogP contribution is -2.54. The summed E-state index contributed by atoms with van der Waals surface area (Å²) in [5.41, 5.74) is 0.810. The number of nitrogens with one attached hydrogen (secondary N) is 1. The van der Waals surface area contributed by atoms with E-state index in [1.54, 1.807) is 0 Å². The van der Waals surface area contributed by atoms with Crippen LogP contribution in [0.5, 0.6) is 0 Å². The van der Waals surface area contributed by atoms with Crippen molar-refractivity contribution in [1.82, 2.24) is 4.90 Å². The molecule has 1 heterocycles. The van der Waals surface area contributed by atoms with Crippen LogP contribution in [0.15, 0.2) is 24.3 Å². The second kappa shape index (κ2) is 5.47. The highest BCUT2D eigenvalue weighted by atomic mass is 35.5. The van der Waals surface area contributed by atoms with Gasteiger partial charge in [-0.1, -0.05) is 11.6 Å². The molecule has 0 radical (unpaired) electrons. The maximum atomic E-state index is 9.75. The topological polar surface area (TPSA) is 35.5 Å². The van der Waals surface area contributed by atoms with E-state index in [1.807, 2.05) is 24.3 Å². The van der Waals surface area contributed by atoms with Crippen molar-refractivity contribution in [2.24, 2.45) is 0 Å². The van der Waals surface area contributed by atoms with Crippen molar-refractivity contribution in [3.05, 3.63) is 29.3 Å². The summed E-state index contributed by atoms with van der Waals surface area (Å²) in [4.78, 5) is 2.33. The van der Waals surface area contributed by atoms with Gasteiger partial charge in [-0.25, -0.2) is 0 Å². The summed E-state index contributed by atoms with van der Waals surface area (Å²) in [6.45, 7) is 3.36. The molecule has 18 heavy (non-hydrogen) atoms. The van der Waals surface area contributed by atoms with Gasteiger partial charge >= 0.3 is 0 Å². The number of piperidine rings is 1. The van der Waals surface area contributed by atoms with Crippen LogP contribution >= 0.6 is 11.6 Å². The van der Waals surface area contributed by atoms with Crippen LogP contribution in [0.25, 0.3) is 0 Å². The molecule has 3 nitrogen and oxygen atoms in total. The smallest absolute Gasteiger partial charge is 0.0662 e. The molecule has 0 saturated carbocycles. The summed E-state index contributed by atoms with van der Waals surface area (Å²) in [6, 6.07) is 8.14. The minimum Gasteiger partial charge on any atom is -0.394 e. The summed E-state index contributed by atoms with van der Waals surface area (Å²) in [6.07, 6.45) is 1.90. The molecule has 2 atom stereocenters. The Kier molecular flexibility index (Phi) is 4.15. The number of likely N-dealkylation sites (tertiary alicyclic amines) is 1. The van der Waals surface area contributed by atoms with E-state index < -0.39 is 0 Å². The predicted octanol–water partition coefficient (Wildman–Crippen LogP) is 2.60. The second-order valence-electron chi connectivity index (χ2n) is 5.35. The van der Waals surface area contributed by atoms with Gasteiger partial charge in [0.05, 0.1) is 12.1 Å². The first-order chi connectivity index (χ1) is 8.54. The molecule has 1 aliphatic heterocycles. The van der Waals surface area contributed by atoms with Crippen molar-refractivity contribution in [1.29, 1.82) is 0 Å². The van der Waals surface area contributed by atoms with Gasteiger partial charge in [0.1, 0.15) is 0 Å². The minimum atomic E-state index is -0.209. The molecule has 0 aliphatic carbocycles. The lowest BCUT2D eigenvalue weighted by molar-refractivity contribution is 0.0969. The fourth-order valence-electron chi connectivity index (χ4n) is 2.57. The summed E-state index contributed by atoms with van der Waals surface area (Å²) >= 11 is 5.88. The lowest BCUT2D eigenvalue weighted by Gasteiger charge is -2.44. The molecular formula is C14H21ClN2O. The zero-order chi connectivity index (χ0) is 13.2. The number of aliphatic hydroxyl groups excluding tert-OH is 1. The van der Waals surface area contributed by atoms with Crippen LogP contribution in [0.1, 0.15) is 19.8 Å². The molecule has 1 fully saturated rings. The highest BCUT2D eigenvalue weighted by Gasteiger charge is 2.36. The Morgan fingerprint density at radius 2 is 2.11 bits per heavy atom. The molecule has 0 bridgehead atoms. The van der Waals surface area contributed by atoms with Crippen molar-refractivity contribution in [2.75, 3.05) is 25.5 Å². The molecule has 0 spiro atoms. The number of aliphatic hydroxyl groups is 1. The molecule has 4 heteroatoms. The Bertz CT molecular complexity index is 395. The van der Waals surface area contributed by atoms with Crippen molar-refractivity contribution < 1.29 is 5.11 Å². The van der Waals surface area contributed by atoms with Crippen LogP contribution in [-0.2, 0) is 0 Å². The highest BCUT2D eigenvalue weighted by Crippen LogP contribution is 2.30. The zero-order valence-corrected chi connectivity index (χ0v) is 11.7. The zero-order valence-electron chi connectivity index (χ0n) is 11.0. The number of benzene rings is 1. The quantitative estimate of drug-likeness (QED) is 0.885. The van der Waals surface area contributed by atoms with E-state index in [0.29, 0.717) is 6.04 Å². The van der Waals surface area contributed by atoms with Gasteiger partial charge in [-0.05, 0) is 51.1 Å². The van der Waals surface area contributed by atoms with Gasteiger partial charge in [-0.2, -0.15) is 0 Å². The third-order valence-corrected chi connectivity index (χ3v) is 4.19. The molecule has 2 unspecified atom stereocenters. The standard InChI is InChI=1S/C14H21ClN2O/c1-11-9-14(10-18,7-8-17(11)2)16-13-5-3-12(15)4-6-13/h3-6,11,16,18H,7-10H2,1-2H3. The largest absolute Gasteiger partial charge is 0.394 e. The fourth-order valence-corrected chi connectivity index (χ4v) is 2.70. The Morgan fingerprint density at radius 1 is 1.44 bits per heavy atom. The first-order valence-electron chi connectivity index (χ1n) is 6.39. The van der Waals surface area contributed by atoms with E-state index in [0.717, 1.165) is 30.1 Å². The van der Waals surface area contributed by atoms with Gasteiger partial charge < -0.3 is 15.3 Å². The third-order valence-electron chi connectivity index (χ3n) is 3.94. The highest BCUT2D eigenvalue weighted by molar-refractivity contribution is 6.30. The maximum absolute atomic E-state index is 9.75. The average Bonchev–Trinajstić information content (AvgIpc) is 2.37. The molecule has 2 N–H and O–H groups in total. The minimum absolute atomic E-state index is 0.161. The van der Waals surface area contributed by atoms with Gasteiger partial charge in [0.2, 0.25) is 0 Å². The van der Waals surface area contributed by atoms with Crippen molar-refractivity contribution in [3.63, 3.8) is 0 Å². The van der Waals surface area contributed by atoms with E-state index in [1.165, 1.54) is 0 Å². The maximum Gasteiger partial charge on any atom is 0.0662 e. The van der Waals surface area contributed by atoms with Crippen LogP contribution < -0.4 is 5.32 Å². The first-order valence-corrected chi connectivity index (χ1v) is 6.77.